The molecule has 4 aromatic rings. The first-order valence-corrected chi connectivity index (χ1v) is 13.1. The number of aromatic amines is 1. The molecule has 1 aromatic carbocycles. The first-order chi connectivity index (χ1) is 18.3. The van der Waals surface area contributed by atoms with E-state index in [-0.39, 0.29) is 24.1 Å². The van der Waals surface area contributed by atoms with E-state index in [1.165, 1.54) is 12.5 Å². The molecule has 0 bridgehead atoms. The van der Waals surface area contributed by atoms with E-state index in [0.717, 1.165) is 54.0 Å². The molecular formula is C28H34N8O2. The number of fused-ring (bicyclic) bond motifs is 1. The van der Waals surface area contributed by atoms with Crippen molar-refractivity contribution in [1.29, 1.82) is 0 Å². The summed E-state index contributed by atoms with van der Waals surface area (Å²) >= 11 is 0. The van der Waals surface area contributed by atoms with Gasteiger partial charge in [-0.25, -0.2) is 9.97 Å². The normalized spacial score (nSPS) is 14.5. The molecule has 0 saturated carbocycles. The van der Waals surface area contributed by atoms with E-state index in [4.69, 9.17) is 4.98 Å². The first-order valence-electron chi connectivity index (χ1n) is 13.1. The highest BCUT2D eigenvalue weighted by molar-refractivity contribution is 6.08. The Morgan fingerprint density at radius 3 is 2.45 bits per heavy atom. The minimum atomic E-state index is -0.281. The van der Waals surface area contributed by atoms with Crippen LogP contribution in [0.5, 0.6) is 0 Å². The third kappa shape index (κ3) is 5.17. The second-order valence-corrected chi connectivity index (χ2v) is 10.2. The van der Waals surface area contributed by atoms with Crippen LogP contribution in [0.25, 0.3) is 22.0 Å². The fourth-order valence-electron chi connectivity index (χ4n) is 4.89. The summed E-state index contributed by atoms with van der Waals surface area (Å²) in [5.41, 5.74) is 3.29. The summed E-state index contributed by atoms with van der Waals surface area (Å²) in [6, 6.07) is 8.72. The van der Waals surface area contributed by atoms with Crippen LogP contribution in [0.15, 0.2) is 54.0 Å². The van der Waals surface area contributed by atoms with Crippen molar-refractivity contribution in [2.24, 2.45) is 0 Å². The molecule has 0 atom stereocenters. The van der Waals surface area contributed by atoms with Gasteiger partial charge in [0.2, 0.25) is 0 Å². The number of pyridine rings is 1. The molecule has 1 amide bonds. The zero-order valence-electron chi connectivity index (χ0n) is 22.3. The molecule has 2 N–H and O–H groups in total. The third-order valence-corrected chi connectivity index (χ3v) is 7.13. The highest BCUT2D eigenvalue weighted by Crippen LogP contribution is 2.30. The van der Waals surface area contributed by atoms with Crippen molar-refractivity contribution >= 4 is 22.6 Å². The number of rotatable bonds is 7. The van der Waals surface area contributed by atoms with Crippen LogP contribution in [0.2, 0.25) is 0 Å². The molecule has 5 rings (SSSR count). The molecule has 0 spiro atoms. The lowest BCUT2D eigenvalue weighted by Crippen LogP contribution is -2.49. The molecule has 38 heavy (non-hydrogen) atoms. The van der Waals surface area contributed by atoms with Crippen LogP contribution in [-0.4, -0.2) is 67.8 Å². The maximum Gasteiger partial charge on any atom is 0.255 e. The quantitative estimate of drug-likeness (QED) is 0.389. The van der Waals surface area contributed by atoms with Gasteiger partial charge >= 0.3 is 0 Å². The van der Waals surface area contributed by atoms with Crippen LogP contribution >= 0.6 is 0 Å². The Morgan fingerprint density at radius 1 is 1.00 bits per heavy atom. The van der Waals surface area contributed by atoms with Gasteiger partial charge in [-0.05, 0) is 57.5 Å². The molecular weight excluding hydrogens is 480 g/mol. The van der Waals surface area contributed by atoms with Crippen molar-refractivity contribution in [1.82, 2.24) is 34.9 Å². The number of anilines is 1. The molecule has 0 aliphatic carbocycles. The molecule has 1 saturated heterocycles. The zero-order chi connectivity index (χ0) is 26.8. The summed E-state index contributed by atoms with van der Waals surface area (Å²) < 4.78 is 1.91. The minimum absolute atomic E-state index is 0.0758. The van der Waals surface area contributed by atoms with Crippen LogP contribution in [0.4, 0.5) is 5.82 Å². The summed E-state index contributed by atoms with van der Waals surface area (Å²) in [4.78, 5) is 41.4. The molecule has 0 radical (unpaired) electrons. The largest absolute Gasteiger partial charge is 0.354 e. The van der Waals surface area contributed by atoms with Gasteiger partial charge in [-0.15, -0.1) is 0 Å². The van der Waals surface area contributed by atoms with E-state index in [1.807, 2.05) is 16.9 Å². The van der Waals surface area contributed by atoms with Crippen molar-refractivity contribution in [3.8, 4) is 11.1 Å². The number of piperazine rings is 1. The van der Waals surface area contributed by atoms with Gasteiger partial charge in [0.1, 0.15) is 5.82 Å². The number of hydrogen-bond acceptors (Lipinski definition) is 7. The number of carbonyl (C=O) groups excluding carboxylic acids is 1. The second kappa shape index (κ2) is 10.7. The average molecular weight is 515 g/mol. The van der Waals surface area contributed by atoms with Crippen LogP contribution in [-0.2, 0) is 6.54 Å². The van der Waals surface area contributed by atoms with Gasteiger partial charge < -0.3 is 15.2 Å². The van der Waals surface area contributed by atoms with Gasteiger partial charge in [0.15, 0.2) is 0 Å². The summed E-state index contributed by atoms with van der Waals surface area (Å²) in [6.07, 6.45) is 6.38. The smallest absolute Gasteiger partial charge is 0.255 e. The Bertz CT molecular complexity index is 1480. The van der Waals surface area contributed by atoms with Gasteiger partial charge in [0.25, 0.3) is 11.5 Å². The van der Waals surface area contributed by atoms with Crippen molar-refractivity contribution in [2.45, 2.75) is 46.3 Å². The fraction of sp³-hybridized carbons (Fsp3) is 0.393. The molecule has 0 unspecified atom stereocenters. The minimum Gasteiger partial charge on any atom is -0.354 e. The number of nitrogens with one attached hydrogen (secondary N) is 2. The monoisotopic (exact) mass is 514 g/mol. The summed E-state index contributed by atoms with van der Waals surface area (Å²) in [6.45, 7) is 12.6. The van der Waals surface area contributed by atoms with Gasteiger partial charge in [0, 0.05) is 61.6 Å². The first kappa shape index (κ1) is 25.6. The van der Waals surface area contributed by atoms with Gasteiger partial charge in [-0.2, -0.15) is 5.10 Å². The number of aromatic nitrogens is 5. The number of carbonyl (C=O) groups is 1. The Kier molecular flexibility index (Phi) is 7.24. The maximum atomic E-state index is 13.3. The van der Waals surface area contributed by atoms with Crippen LogP contribution in [0.3, 0.4) is 0 Å². The van der Waals surface area contributed by atoms with E-state index in [2.05, 4.69) is 76.1 Å². The lowest BCUT2D eigenvalue weighted by atomic mass is 10.0. The molecule has 4 heterocycles. The van der Waals surface area contributed by atoms with E-state index in [0.29, 0.717) is 17.2 Å². The topological polar surface area (TPSA) is 112 Å². The summed E-state index contributed by atoms with van der Waals surface area (Å²) in [5, 5.41) is 8.17. The Hall–Kier alpha value is -4.05. The number of hydrogen-bond donors (Lipinski definition) is 2. The van der Waals surface area contributed by atoms with Crippen molar-refractivity contribution in [2.75, 3.05) is 31.1 Å². The van der Waals surface area contributed by atoms with Crippen LogP contribution in [0, 0.1) is 0 Å². The predicted molar refractivity (Wildman–Crippen MR) is 148 cm³/mol. The number of nitrogens with zero attached hydrogens (tertiary/aromatic N) is 6. The highest BCUT2D eigenvalue weighted by atomic mass is 16.1. The average Bonchev–Trinajstić information content (AvgIpc) is 3.36. The number of H-pyrrole nitrogens is 1. The van der Waals surface area contributed by atoms with Gasteiger partial charge in [0.05, 0.1) is 35.7 Å². The van der Waals surface area contributed by atoms with Crippen molar-refractivity contribution < 1.29 is 4.79 Å². The van der Waals surface area contributed by atoms with Crippen LogP contribution in [0.1, 0.15) is 49.7 Å². The molecule has 10 nitrogen and oxygen atoms in total. The lowest BCUT2D eigenvalue weighted by Gasteiger charge is -2.37. The molecule has 10 heteroatoms. The second-order valence-electron chi connectivity index (χ2n) is 10.2. The van der Waals surface area contributed by atoms with Crippen molar-refractivity contribution in [3.05, 3.63) is 70.7 Å². The summed E-state index contributed by atoms with van der Waals surface area (Å²) in [5.74, 6) is 0.682. The van der Waals surface area contributed by atoms with E-state index in [1.54, 1.807) is 6.20 Å². The van der Waals surface area contributed by atoms with Crippen molar-refractivity contribution in [3.63, 3.8) is 0 Å². The molecule has 198 valence electrons. The molecule has 1 aliphatic rings. The molecule has 1 aliphatic heterocycles. The third-order valence-electron chi connectivity index (χ3n) is 7.13. The predicted octanol–water partition coefficient (Wildman–Crippen LogP) is 3.22. The lowest BCUT2D eigenvalue weighted by molar-refractivity contribution is 0.0952. The Labute approximate surface area is 221 Å². The standard InChI is InChI=1S/C28H34N8O2/c1-18(2)34-7-9-35(10-8-34)26-6-5-20(14-30-26)21-11-23(24-16-33-36(19(3)4)25(24)12-21)28(38)31-15-22-13-29-17-32-27(22)37/h5-6,11-14,16-19H,7-10,15H2,1-4H3,(H,31,38)(H,29,32,37). The van der Waals surface area contributed by atoms with E-state index >= 15 is 0 Å². The SMILES string of the molecule is CC(C)N1CCN(c2ccc(-c3cc(C(=O)NCc4cnc[nH]c4=O)c4cnn(C(C)C)c4c3)cn2)CC1. The zero-order valence-corrected chi connectivity index (χ0v) is 22.3. The van der Waals surface area contributed by atoms with E-state index < -0.39 is 0 Å². The Balaban J connectivity index is 1.43. The van der Waals surface area contributed by atoms with E-state index in [9.17, 15) is 9.59 Å². The summed E-state index contributed by atoms with van der Waals surface area (Å²) in [7, 11) is 0. The van der Waals surface area contributed by atoms with Crippen LogP contribution < -0.4 is 15.8 Å². The Morgan fingerprint density at radius 2 is 1.79 bits per heavy atom. The number of amides is 1. The number of benzene rings is 1. The van der Waals surface area contributed by atoms with Gasteiger partial charge in [-0.1, -0.05) is 0 Å². The molecule has 1 fully saturated rings. The fourth-order valence-corrected chi connectivity index (χ4v) is 4.89. The van der Waals surface area contributed by atoms with Gasteiger partial charge in [-0.3, -0.25) is 19.2 Å². The molecule has 3 aromatic heterocycles. The maximum absolute atomic E-state index is 13.3. The highest BCUT2D eigenvalue weighted by Gasteiger charge is 2.21.